The van der Waals surface area contributed by atoms with Crippen LogP contribution in [-0.4, -0.2) is 69.0 Å². The molecule has 1 aliphatic rings. The molecule has 272 valence electrons. The quantitative estimate of drug-likeness (QED) is 0.0366. The first-order valence-corrected chi connectivity index (χ1v) is 16.3. The lowest BCUT2D eigenvalue weighted by atomic mass is 10.1. The van der Waals surface area contributed by atoms with Crippen molar-refractivity contribution in [1.82, 2.24) is 0 Å². The highest BCUT2D eigenvalue weighted by atomic mass is 16.7. The van der Waals surface area contributed by atoms with Gasteiger partial charge in [-0.3, -0.25) is 4.79 Å². The van der Waals surface area contributed by atoms with Gasteiger partial charge in [0, 0.05) is 29.9 Å². The number of unbranched alkanes of at least 4 members (excludes halogenated alkanes) is 2. The molecule has 0 saturated heterocycles. The van der Waals surface area contributed by atoms with Gasteiger partial charge in [0.2, 0.25) is 0 Å². The van der Waals surface area contributed by atoms with Crippen molar-refractivity contribution < 1.29 is 61.9 Å². The van der Waals surface area contributed by atoms with Crippen LogP contribution in [0.25, 0.3) is 0 Å². The predicted octanol–water partition coefficient (Wildman–Crippen LogP) is 6.16. The van der Waals surface area contributed by atoms with E-state index in [-0.39, 0.29) is 61.6 Å². The molecule has 0 fully saturated rings. The number of fused-ring (bicyclic) bond motifs is 1. The topological polar surface area (TPSA) is 170 Å². The van der Waals surface area contributed by atoms with Gasteiger partial charge < -0.3 is 38.1 Å². The molecule has 0 aliphatic carbocycles. The van der Waals surface area contributed by atoms with Crippen LogP contribution in [0, 0.1) is 0 Å². The van der Waals surface area contributed by atoms with Crippen molar-refractivity contribution in [1.29, 1.82) is 0 Å². The highest BCUT2D eigenvalue weighted by molar-refractivity contribution is 6.09. The molecule has 0 atom stereocenters. The molecule has 0 radical (unpaired) electrons. The van der Waals surface area contributed by atoms with E-state index in [1.807, 2.05) is 4.90 Å². The Hall–Kier alpha value is -6.44. The van der Waals surface area contributed by atoms with Crippen LogP contribution in [0.15, 0.2) is 92.0 Å². The summed E-state index contributed by atoms with van der Waals surface area (Å²) in [7, 11) is 0. The molecule has 0 amide bonds. The number of rotatable bonds is 18. The minimum absolute atomic E-state index is 0.0702. The van der Waals surface area contributed by atoms with E-state index in [4.69, 9.17) is 33.2 Å². The molecule has 1 aliphatic heterocycles. The van der Waals surface area contributed by atoms with Crippen molar-refractivity contribution >= 4 is 41.7 Å². The van der Waals surface area contributed by atoms with Crippen molar-refractivity contribution in [2.24, 2.45) is 0 Å². The van der Waals surface area contributed by atoms with Crippen molar-refractivity contribution in [3.05, 3.63) is 109 Å². The number of carbonyl (C=O) groups is 6. The fraction of sp³-hybridized carbons (Fsp3) is 0.263. The molecule has 0 saturated carbocycles. The van der Waals surface area contributed by atoms with Crippen LogP contribution in [0.2, 0.25) is 0 Å². The Bertz CT molecular complexity index is 1770. The molecule has 4 rings (SSSR count). The van der Waals surface area contributed by atoms with E-state index in [2.05, 4.69) is 13.2 Å². The summed E-state index contributed by atoms with van der Waals surface area (Å²) < 4.78 is 35.5. The first-order valence-electron chi connectivity index (χ1n) is 16.3. The summed E-state index contributed by atoms with van der Waals surface area (Å²) in [5.41, 5.74) is 2.13. The number of hydrogen-bond donors (Lipinski definition) is 0. The third-order valence-electron chi connectivity index (χ3n) is 7.28. The molecule has 0 bridgehead atoms. The number of anilines is 1. The molecule has 0 spiro atoms. The minimum Gasteiger partial charge on any atom is -0.463 e. The number of hydrogen-bond acceptors (Lipinski definition) is 14. The second kappa shape index (κ2) is 19.7. The normalized spacial score (nSPS) is 11.5. The maximum absolute atomic E-state index is 12.9. The number of ether oxygens (including phenoxy) is 7. The number of benzene rings is 3. The van der Waals surface area contributed by atoms with Crippen LogP contribution in [0.1, 0.15) is 52.0 Å². The zero-order chi connectivity index (χ0) is 37.3. The molecule has 3 aromatic carbocycles. The van der Waals surface area contributed by atoms with Crippen molar-refractivity contribution in [2.45, 2.75) is 32.2 Å². The summed E-state index contributed by atoms with van der Waals surface area (Å²) in [6, 6.07) is 17.3. The summed E-state index contributed by atoms with van der Waals surface area (Å²) in [6.45, 7) is 7.69. The van der Waals surface area contributed by atoms with E-state index in [9.17, 15) is 28.8 Å². The number of ketones is 1. The SMILES string of the molecule is C=CC(=O)OCCCCOC(=O)Oc1ccc(CN2CC(=O)c3cc(OC(=O)c4ccc(OC(=O)OCCCCOC(=O)C=C)cc4)ccc32)cc1. The van der Waals surface area contributed by atoms with Gasteiger partial charge in [-0.1, -0.05) is 25.3 Å². The van der Waals surface area contributed by atoms with Gasteiger partial charge in [-0.05, 0) is 85.8 Å². The number of carbonyl (C=O) groups excluding carboxylic acids is 6. The maximum Gasteiger partial charge on any atom is 0.513 e. The van der Waals surface area contributed by atoms with Crippen molar-refractivity contribution in [3.63, 3.8) is 0 Å². The van der Waals surface area contributed by atoms with E-state index in [0.29, 0.717) is 43.5 Å². The average Bonchev–Trinajstić information content (AvgIpc) is 3.45. The Morgan fingerprint density at radius 3 is 1.62 bits per heavy atom. The fourth-order valence-corrected chi connectivity index (χ4v) is 4.70. The summed E-state index contributed by atoms with van der Waals surface area (Å²) >= 11 is 0. The standard InChI is InChI=1S/C38H37NO13/c1-3-34(41)46-19-5-7-21-48-37(44)51-28-13-9-26(10-14-28)24-39-25-33(40)31-23-30(17-18-32(31)39)50-36(43)27-11-15-29(16-12-27)52-38(45)49-22-8-6-20-47-35(42)4-2/h3-4,9-18,23H,1-2,5-8,19-22,24-25H2. The van der Waals surface area contributed by atoms with Crippen molar-refractivity contribution in [3.8, 4) is 17.2 Å². The van der Waals surface area contributed by atoms with Crippen LogP contribution in [-0.2, 0) is 35.1 Å². The lowest BCUT2D eigenvalue weighted by Gasteiger charge is -2.19. The largest absolute Gasteiger partial charge is 0.513 e. The highest BCUT2D eigenvalue weighted by Gasteiger charge is 2.27. The third kappa shape index (κ3) is 12.2. The average molecular weight is 716 g/mol. The lowest BCUT2D eigenvalue weighted by molar-refractivity contribution is -0.138. The van der Waals surface area contributed by atoms with E-state index in [0.717, 1.165) is 17.7 Å². The Labute approximate surface area is 299 Å². The highest BCUT2D eigenvalue weighted by Crippen LogP contribution is 2.33. The van der Waals surface area contributed by atoms with Crippen LogP contribution in [0.3, 0.4) is 0 Å². The monoisotopic (exact) mass is 715 g/mol. The van der Waals surface area contributed by atoms with E-state index >= 15 is 0 Å². The number of esters is 3. The smallest absolute Gasteiger partial charge is 0.463 e. The fourth-order valence-electron chi connectivity index (χ4n) is 4.70. The summed E-state index contributed by atoms with van der Waals surface area (Å²) in [6.07, 6.45) is 2.34. The summed E-state index contributed by atoms with van der Waals surface area (Å²) in [5.74, 6) is -1.21. The third-order valence-corrected chi connectivity index (χ3v) is 7.28. The van der Waals surface area contributed by atoms with Gasteiger partial charge in [-0.25, -0.2) is 24.0 Å². The first-order chi connectivity index (χ1) is 25.1. The predicted molar refractivity (Wildman–Crippen MR) is 184 cm³/mol. The number of Topliss-reactive ketones (excluding diaryl/α,β-unsaturated/α-hetero) is 1. The van der Waals surface area contributed by atoms with E-state index in [1.54, 1.807) is 36.4 Å². The van der Waals surface area contributed by atoms with Gasteiger partial charge >= 0.3 is 30.2 Å². The van der Waals surface area contributed by atoms with Gasteiger partial charge in [0.1, 0.15) is 17.2 Å². The molecular formula is C38H37NO13. The van der Waals surface area contributed by atoms with Crippen molar-refractivity contribution in [2.75, 3.05) is 37.9 Å². The summed E-state index contributed by atoms with van der Waals surface area (Å²) in [5, 5.41) is 0. The second-order valence-corrected chi connectivity index (χ2v) is 11.1. The Morgan fingerprint density at radius 1 is 0.615 bits per heavy atom. The molecule has 1 heterocycles. The molecule has 0 aromatic heterocycles. The van der Waals surface area contributed by atoms with Crippen LogP contribution >= 0.6 is 0 Å². The van der Waals surface area contributed by atoms with E-state index in [1.165, 1.54) is 30.3 Å². The molecule has 52 heavy (non-hydrogen) atoms. The van der Waals surface area contributed by atoms with E-state index < -0.39 is 30.2 Å². The zero-order valence-electron chi connectivity index (χ0n) is 28.2. The Kier molecular flexibility index (Phi) is 14.5. The minimum atomic E-state index is -0.922. The second-order valence-electron chi connectivity index (χ2n) is 11.1. The van der Waals surface area contributed by atoms with Gasteiger partial charge in [-0.2, -0.15) is 0 Å². The van der Waals surface area contributed by atoms with Gasteiger partial charge in [0.25, 0.3) is 0 Å². The first kappa shape index (κ1) is 38.4. The van der Waals surface area contributed by atoms with Crippen LogP contribution in [0.4, 0.5) is 15.3 Å². The zero-order valence-corrected chi connectivity index (χ0v) is 28.2. The van der Waals surface area contributed by atoms with Gasteiger partial charge in [0.15, 0.2) is 5.78 Å². The lowest BCUT2D eigenvalue weighted by Crippen LogP contribution is -2.21. The Morgan fingerprint density at radius 2 is 1.10 bits per heavy atom. The van der Waals surface area contributed by atoms with Crippen LogP contribution < -0.4 is 19.1 Å². The maximum atomic E-state index is 12.9. The molecule has 14 nitrogen and oxygen atoms in total. The molecule has 0 N–H and O–H groups in total. The van der Waals surface area contributed by atoms with Gasteiger partial charge in [-0.15, -0.1) is 0 Å². The molecule has 3 aromatic rings. The molecular weight excluding hydrogens is 678 g/mol. The summed E-state index contributed by atoms with van der Waals surface area (Å²) in [4.78, 5) is 73.4. The molecule has 0 unspecified atom stereocenters. The van der Waals surface area contributed by atoms with Gasteiger partial charge in [0.05, 0.1) is 38.5 Å². The number of nitrogens with zero attached hydrogens (tertiary/aromatic N) is 1. The Balaban J connectivity index is 1.20. The molecule has 14 heteroatoms. The van der Waals surface area contributed by atoms with Crippen LogP contribution in [0.5, 0.6) is 17.2 Å².